The molecule has 0 saturated carbocycles. The van der Waals surface area contributed by atoms with Crippen LogP contribution in [0.1, 0.15) is 0 Å². The summed E-state index contributed by atoms with van der Waals surface area (Å²) in [5.74, 6) is 0. The molecule has 2 rings (SSSR count). The van der Waals surface area contributed by atoms with Crippen LogP contribution in [-0.2, 0) is 7.05 Å². The van der Waals surface area contributed by atoms with Crippen LogP contribution in [0, 0.1) is 0 Å². The average Bonchev–Trinajstić information content (AvgIpc) is 2.42. The van der Waals surface area contributed by atoms with Crippen molar-refractivity contribution in [2.45, 2.75) is 4.90 Å². The molecule has 0 atom stereocenters. The van der Waals surface area contributed by atoms with Gasteiger partial charge >= 0.3 is 0 Å². The van der Waals surface area contributed by atoms with Crippen LogP contribution in [0.3, 0.4) is 0 Å². The van der Waals surface area contributed by atoms with E-state index in [0.29, 0.717) is 0 Å². The Bertz CT molecular complexity index is 476. The summed E-state index contributed by atoms with van der Waals surface area (Å²) in [7, 11) is 1.86. The summed E-state index contributed by atoms with van der Waals surface area (Å²) in [5.41, 5.74) is 0.954. The van der Waals surface area contributed by atoms with Gasteiger partial charge in [-0.2, -0.15) is 0 Å². The Labute approximate surface area is 91.2 Å². The first-order valence-corrected chi connectivity index (χ1v) is 6.99. The first-order valence-electron chi connectivity index (χ1n) is 4.37. The standard InChI is InChI=1S/C10H13ClN2S/c1-13-6-9(11)8-4-7(14(2)3)5-12-10(8)13/h4-6,14H,1-3H3. The molecule has 2 nitrogen and oxygen atoms in total. The molecule has 0 radical (unpaired) electrons. The minimum atomic E-state index is -0.102. The number of aromatic nitrogens is 2. The quantitative estimate of drug-likeness (QED) is 0.744. The number of hydrogen-bond acceptors (Lipinski definition) is 1. The van der Waals surface area contributed by atoms with E-state index in [1.54, 1.807) is 0 Å². The third-order valence-corrected chi connectivity index (χ3v) is 3.85. The van der Waals surface area contributed by atoms with E-state index in [0.717, 1.165) is 16.1 Å². The van der Waals surface area contributed by atoms with Crippen LogP contribution in [0.15, 0.2) is 23.4 Å². The number of nitrogens with zero attached hydrogens (tertiary/aromatic N) is 2. The van der Waals surface area contributed by atoms with Gasteiger partial charge in [-0.25, -0.2) is 15.9 Å². The van der Waals surface area contributed by atoms with E-state index in [4.69, 9.17) is 11.6 Å². The summed E-state index contributed by atoms with van der Waals surface area (Å²) < 4.78 is 1.95. The Morgan fingerprint density at radius 1 is 1.43 bits per heavy atom. The largest absolute Gasteiger partial charge is 0.334 e. The molecule has 76 valence electrons. The van der Waals surface area contributed by atoms with Crippen molar-refractivity contribution in [2.24, 2.45) is 7.05 Å². The van der Waals surface area contributed by atoms with Crippen molar-refractivity contribution in [1.82, 2.24) is 9.55 Å². The van der Waals surface area contributed by atoms with Crippen molar-refractivity contribution in [2.75, 3.05) is 12.5 Å². The Morgan fingerprint density at radius 3 is 2.79 bits per heavy atom. The van der Waals surface area contributed by atoms with Crippen LogP contribution in [0.5, 0.6) is 0 Å². The maximum absolute atomic E-state index is 6.10. The lowest BCUT2D eigenvalue weighted by atomic mass is 10.3. The van der Waals surface area contributed by atoms with E-state index >= 15 is 0 Å². The molecule has 0 saturated heterocycles. The summed E-state index contributed by atoms with van der Waals surface area (Å²) in [4.78, 5) is 5.71. The lowest BCUT2D eigenvalue weighted by molar-refractivity contribution is 0.946. The fourth-order valence-corrected chi connectivity index (χ4v) is 2.41. The molecule has 0 aliphatic heterocycles. The molecule has 0 spiro atoms. The first-order chi connectivity index (χ1) is 6.59. The van der Waals surface area contributed by atoms with Crippen LogP contribution >= 0.6 is 22.5 Å². The van der Waals surface area contributed by atoms with Gasteiger partial charge in [0.05, 0.1) is 5.02 Å². The highest BCUT2D eigenvalue weighted by Crippen LogP contribution is 2.32. The van der Waals surface area contributed by atoms with Crippen molar-refractivity contribution >= 4 is 33.5 Å². The highest BCUT2D eigenvalue weighted by Gasteiger charge is 2.07. The predicted molar refractivity (Wildman–Crippen MR) is 64.8 cm³/mol. The minimum Gasteiger partial charge on any atom is -0.334 e. The van der Waals surface area contributed by atoms with Gasteiger partial charge in [-0.05, 0) is 18.6 Å². The number of fused-ring (bicyclic) bond motifs is 1. The first kappa shape index (κ1) is 9.87. The summed E-state index contributed by atoms with van der Waals surface area (Å²) in [5, 5.41) is 1.84. The van der Waals surface area contributed by atoms with Gasteiger partial charge in [-0.1, -0.05) is 11.6 Å². The van der Waals surface area contributed by atoms with Crippen LogP contribution in [-0.4, -0.2) is 22.1 Å². The minimum absolute atomic E-state index is 0.102. The molecule has 0 unspecified atom stereocenters. The van der Waals surface area contributed by atoms with E-state index in [-0.39, 0.29) is 10.9 Å². The number of aryl methyl sites for hydroxylation is 1. The zero-order valence-corrected chi connectivity index (χ0v) is 10.1. The number of thiol groups is 1. The normalized spacial score (nSPS) is 12.1. The highest BCUT2D eigenvalue weighted by molar-refractivity contribution is 8.15. The van der Waals surface area contributed by atoms with E-state index in [1.165, 1.54) is 4.90 Å². The van der Waals surface area contributed by atoms with Gasteiger partial charge in [-0.15, -0.1) is 0 Å². The second-order valence-corrected chi connectivity index (χ2v) is 6.26. The fourth-order valence-electron chi connectivity index (χ4n) is 1.45. The number of halogens is 1. The van der Waals surface area contributed by atoms with Gasteiger partial charge < -0.3 is 4.57 Å². The lowest BCUT2D eigenvalue weighted by Crippen LogP contribution is -1.88. The van der Waals surface area contributed by atoms with Crippen molar-refractivity contribution < 1.29 is 0 Å². The second kappa shape index (κ2) is 3.48. The molecule has 4 heteroatoms. The molecule has 2 aromatic rings. The van der Waals surface area contributed by atoms with Gasteiger partial charge in [0.1, 0.15) is 5.65 Å². The van der Waals surface area contributed by atoms with Gasteiger partial charge in [0, 0.05) is 29.7 Å². The molecular weight excluding hydrogens is 216 g/mol. The maximum atomic E-state index is 6.10. The SMILES string of the molecule is Cn1cc(Cl)c2cc([SH](C)C)cnc21. The average molecular weight is 229 g/mol. The zero-order chi connectivity index (χ0) is 10.3. The Morgan fingerprint density at radius 2 is 2.14 bits per heavy atom. The number of pyridine rings is 1. The second-order valence-electron chi connectivity index (χ2n) is 3.55. The van der Waals surface area contributed by atoms with Crippen molar-refractivity contribution in [1.29, 1.82) is 0 Å². The van der Waals surface area contributed by atoms with Crippen molar-refractivity contribution in [3.05, 3.63) is 23.5 Å². The summed E-state index contributed by atoms with van der Waals surface area (Å²) in [6, 6.07) is 2.15. The summed E-state index contributed by atoms with van der Waals surface area (Å²) in [6.07, 6.45) is 8.28. The molecule has 2 heterocycles. The van der Waals surface area contributed by atoms with E-state index in [2.05, 4.69) is 23.6 Å². The molecule has 2 aromatic heterocycles. The molecule has 0 bridgehead atoms. The Balaban J connectivity index is 2.71. The molecule has 0 amide bonds. The van der Waals surface area contributed by atoms with Gasteiger partial charge in [0.25, 0.3) is 0 Å². The van der Waals surface area contributed by atoms with Crippen LogP contribution in [0.25, 0.3) is 11.0 Å². The molecule has 14 heavy (non-hydrogen) atoms. The summed E-state index contributed by atoms with van der Waals surface area (Å²) in [6.45, 7) is 0. The monoisotopic (exact) mass is 228 g/mol. The zero-order valence-electron chi connectivity index (χ0n) is 8.45. The van der Waals surface area contributed by atoms with E-state index in [9.17, 15) is 0 Å². The van der Waals surface area contributed by atoms with Gasteiger partial charge in [0.15, 0.2) is 0 Å². The van der Waals surface area contributed by atoms with Crippen LogP contribution in [0.2, 0.25) is 5.02 Å². The molecule has 0 aromatic carbocycles. The highest BCUT2D eigenvalue weighted by atomic mass is 35.5. The van der Waals surface area contributed by atoms with Crippen LogP contribution < -0.4 is 0 Å². The van der Waals surface area contributed by atoms with E-state index in [1.807, 2.05) is 24.0 Å². The van der Waals surface area contributed by atoms with Gasteiger partial charge in [0.2, 0.25) is 0 Å². The number of rotatable bonds is 1. The van der Waals surface area contributed by atoms with Gasteiger partial charge in [-0.3, -0.25) is 0 Å². The molecular formula is C10H13ClN2S. The summed E-state index contributed by atoms with van der Waals surface area (Å²) >= 11 is 6.10. The molecule has 0 aliphatic rings. The Hall–Kier alpha value is -0.670. The van der Waals surface area contributed by atoms with Crippen molar-refractivity contribution in [3.8, 4) is 0 Å². The third-order valence-electron chi connectivity index (χ3n) is 2.27. The van der Waals surface area contributed by atoms with Crippen molar-refractivity contribution in [3.63, 3.8) is 0 Å². The number of hydrogen-bond donors (Lipinski definition) is 1. The lowest BCUT2D eigenvalue weighted by Gasteiger charge is -2.08. The molecule has 0 fully saturated rings. The topological polar surface area (TPSA) is 17.8 Å². The molecule has 0 N–H and O–H groups in total. The Kier molecular flexibility index (Phi) is 2.45. The fraction of sp³-hybridized carbons (Fsp3) is 0.300. The predicted octanol–water partition coefficient (Wildman–Crippen LogP) is 2.85. The van der Waals surface area contributed by atoms with Crippen LogP contribution in [0.4, 0.5) is 0 Å². The van der Waals surface area contributed by atoms with E-state index < -0.39 is 0 Å². The molecule has 0 aliphatic carbocycles. The third kappa shape index (κ3) is 1.51. The smallest absolute Gasteiger partial charge is 0.141 e. The maximum Gasteiger partial charge on any atom is 0.141 e.